The SMILES string of the molecule is Cc1nc(C(C)C)sc1C(=O)NCCn1ncc2ccccc2c1=O. The maximum Gasteiger partial charge on any atom is 0.274 e. The minimum Gasteiger partial charge on any atom is -0.349 e. The summed E-state index contributed by atoms with van der Waals surface area (Å²) in [6.07, 6.45) is 1.67. The van der Waals surface area contributed by atoms with Crippen LogP contribution in [0.2, 0.25) is 0 Å². The topological polar surface area (TPSA) is 76.9 Å². The van der Waals surface area contributed by atoms with Gasteiger partial charge < -0.3 is 5.32 Å². The van der Waals surface area contributed by atoms with Gasteiger partial charge in [-0.25, -0.2) is 9.67 Å². The number of aromatic nitrogens is 3. The fraction of sp³-hybridized carbons (Fsp3) is 0.333. The van der Waals surface area contributed by atoms with Crippen LogP contribution in [0.15, 0.2) is 35.3 Å². The van der Waals surface area contributed by atoms with Gasteiger partial charge >= 0.3 is 0 Å². The van der Waals surface area contributed by atoms with Gasteiger partial charge in [0.2, 0.25) is 0 Å². The van der Waals surface area contributed by atoms with E-state index in [1.54, 1.807) is 12.3 Å². The Hall–Kier alpha value is -2.54. The molecule has 0 aliphatic heterocycles. The zero-order chi connectivity index (χ0) is 18.0. The lowest BCUT2D eigenvalue weighted by molar-refractivity contribution is 0.0955. The number of amides is 1. The maximum absolute atomic E-state index is 12.4. The molecule has 0 fully saturated rings. The second-order valence-electron chi connectivity index (χ2n) is 6.14. The molecule has 0 spiro atoms. The Morgan fingerprint density at radius 2 is 2.08 bits per heavy atom. The van der Waals surface area contributed by atoms with Crippen LogP contribution >= 0.6 is 11.3 Å². The first-order valence-electron chi connectivity index (χ1n) is 8.17. The van der Waals surface area contributed by atoms with Gasteiger partial charge in [0.1, 0.15) is 4.88 Å². The molecule has 0 aliphatic carbocycles. The quantitative estimate of drug-likeness (QED) is 0.762. The smallest absolute Gasteiger partial charge is 0.274 e. The van der Waals surface area contributed by atoms with Crippen LogP contribution in [-0.2, 0) is 6.54 Å². The van der Waals surface area contributed by atoms with Gasteiger partial charge in [0, 0.05) is 17.8 Å². The van der Waals surface area contributed by atoms with Gasteiger partial charge in [0.15, 0.2) is 0 Å². The molecule has 2 heterocycles. The van der Waals surface area contributed by atoms with Gasteiger partial charge in [-0.3, -0.25) is 9.59 Å². The van der Waals surface area contributed by atoms with E-state index in [1.807, 2.05) is 25.1 Å². The molecule has 0 aliphatic rings. The lowest BCUT2D eigenvalue weighted by Gasteiger charge is -2.07. The van der Waals surface area contributed by atoms with Crippen LogP contribution in [0.5, 0.6) is 0 Å². The number of hydrogen-bond acceptors (Lipinski definition) is 5. The van der Waals surface area contributed by atoms with Crippen molar-refractivity contribution in [3.8, 4) is 0 Å². The van der Waals surface area contributed by atoms with E-state index >= 15 is 0 Å². The molecule has 1 N–H and O–H groups in total. The van der Waals surface area contributed by atoms with Crippen molar-refractivity contribution in [2.45, 2.75) is 33.2 Å². The Morgan fingerprint density at radius 1 is 1.32 bits per heavy atom. The van der Waals surface area contributed by atoms with Crippen LogP contribution in [0.4, 0.5) is 0 Å². The minimum atomic E-state index is -0.157. The summed E-state index contributed by atoms with van der Waals surface area (Å²) in [6.45, 7) is 6.60. The van der Waals surface area contributed by atoms with Crippen LogP contribution in [0, 0.1) is 6.92 Å². The number of aryl methyl sites for hydroxylation is 1. The van der Waals surface area contributed by atoms with Crippen molar-refractivity contribution in [1.82, 2.24) is 20.1 Å². The maximum atomic E-state index is 12.4. The second-order valence-corrected chi connectivity index (χ2v) is 7.17. The van der Waals surface area contributed by atoms with Crippen LogP contribution in [0.25, 0.3) is 10.8 Å². The minimum absolute atomic E-state index is 0.150. The van der Waals surface area contributed by atoms with E-state index in [-0.39, 0.29) is 11.5 Å². The van der Waals surface area contributed by atoms with Crippen molar-refractivity contribution < 1.29 is 4.79 Å². The van der Waals surface area contributed by atoms with Gasteiger partial charge in [0.05, 0.1) is 28.8 Å². The van der Waals surface area contributed by atoms with Crippen molar-refractivity contribution >= 4 is 28.0 Å². The average molecular weight is 356 g/mol. The first-order valence-corrected chi connectivity index (χ1v) is 8.99. The van der Waals surface area contributed by atoms with Crippen molar-refractivity contribution in [3.05, 3.63) is 56.4 Å². The molecule has 0 unspecified atom stereocenters. The summed E-state index contributed by atoms with van der Waals surface area (Å²) in [7, 11) is 0. The number of carbonyl (C=O) groups excluding carboxylic acids is 1. The Morgan fingerprint density at radius 3 is 2.80 bits per heavy atom. The molecule has 3 aromatic rings. The van der Waals surface area contributed by atoms with Crippen LogP contribution in [0.3, 0.4) is 0 Å². The molecule has 1 aromatic carbocycles. The van der Waals surface area contributed by atoms with E-state index < -0.39 is 0 Å². The lowest BCUT2D eigenvalue weighted by Crippen LogP contribution is -2.32. The number of nitrogens with one attached hydrogen (secondary N) is 1. The van der Waals surface area contributed by atoms with E-state index in [2.05, 4.69) is 29.2 Å². The normalized spacial score (nSPS) is 11.2. The molecule has 0 saturated heterocycles. The van der Waals surface area contributed by atoms with Gasteiger partial charge in [-0.1, -0.05) is 32.0 Å². The molecule has 0 bridgehead atoms. The lowest BCUT2D eigenvalue weighted by atomic mass is 10.2. The molecular formula is C18H20N4O2S. The third-order valence-electron chi connectivity index (χ3n) is 3.88. The molecule has 2 aromatic heterocycles. The third kappa shape index (κ3) is 3.61. The predicted octanol–water partition coefficient (Wildman–Crippen LogP) is 2.71. The number of fused-ring (bicyclic) bond motifs is 1. The summed E-state index contributed by atoms with van der Waals surface area (Å²) >= 11 is 1.42. The van der Waals surface area contributed by atoms with E-state index in [0.717, 1.165) is 16.1 Å². The van der Waals surface area contributed by atoms with Crippen LogP contribution < -0.4 is 10.9 Å². The third-order valence-corrected chi connectivity index (χ3v) is 5.34. The molecule has 6 nitrogen and oxygen atoms in total. The predicted molar refractivity (Wildman–Crippen MR) is 99.3 cm³/mol. The summed E-state index contributed by atoms with van der Waals surface area (Å²) in [5.41, 5.74) is 0.593. The zero-order valence-corrected chi connectivity index (χ0v) is 15.3. The standard InChI is InChI=1S/C18H20N4O2S/c1-11(2)17-21-12(3)15(25-17)16(23)19-8-9-22-18(24)14-7-5-4-6-13(14)10-20-22/h4-7,10-11H,8-9H2,1-3H3,(H,19,23). The summed E-state index contributed by atoms with van der Waals surface area (Å²) in [5.74, 6) is 0.140. The van der Waals surface area contributed by atoms with Gasteiger partial charge in [0.25, 0.3) is 11.5 Å². The first-order chi connectivity index (χ1) is 12.0. The molecule has 1 amide bonds. The Labute approximate surface area is 149 Å². The number of benzene rings is 1. The fourth-order valence-corrected chi connectivity index (χ4v) is 3.50. The van der Waals surface area contributed by atoms with E-state index in [4.69, 9.17) is 0 Å². The second kappa shape index (κ2) is 7.14. The Bertz CT molecular complexity index is 975. The van der Waals surface area contributed by atoms with Crippen molar-refractivity contribution in [1.29, 1.82) is 0 Å². The van der Waals surface area contributed by atoms with Crippen molar-refractivity contribution in [2.75, 3.05) is 6.54 Å². The Kier molecular flexibility index (Phi) is 4.94. The van der Waals surface area contributed by atoms with E-state index in [1.165, 1.54) is 16.0 Å². The van der Waals surface area contributed by atoms with Crippen molar-refractivity contribution in [2.24, 2.45) is 0 Å². The largest absolute Gasteiger partial charge is 0.349 e. The monoisotopic (exact) mass is 356 g/mol. The molecule has 3 rings (SSSR count). The number of rotatable bonds is 5. The number of carbonyl (C=O) groups is 1. The summed E-state index contributed by atoms with van der Waals surface area (Å²) in [5, 5.41) is 9.41. The highest BCUT2D eigenvalue weighted by Crippen LogP contribution is 2.24. The molecule has 0 atom stereocenters. The summed E-state index contributed by atoms with van der Waals surface area (Å²) in [4.78, 5) is 29.8. The van der Waals surface area contributed by atoms with Crippen molar-refractivity contribution in [3.63, 3.8) is 0 Å². The highest BCUT2D eigenvalue weighted by atomic mass is 32.1. The first kappa shape index (κ1) is 17.3. The van der Waals surface area contributed by atoms with Gasteiger partial charge in [-0.2, -0.15) is 5.10 Å². The number of thiazole rings is 1. The van der Waals surface area contributed by atoms with Crippen LogP contribution in [-0.4, -0.2) is 27.2 Å². The Balaban J connectivity index is 1.68. The van der Waals surface area contributed by atoms with Crippen LogP contribution in [0.1, 0.15) is 40.1 Å². The highest BCUT2D eigenvalue weighted by Gasteiger charge is 2.16. The summed E-state index contributed by atoms with van der Waals surface area (Å²) in [6, 6.07) is 7.34. The molecule has 0 saturated carbocycles. The molecule has 7 heteroatoms. The van der Waals surface area contributed by atoms with Gasteiger partial charge in [-0.05, 0) is 13.0 Å². The highest BCUT2D eigenvalue weighted by molar-refractivity contribution is 7.13. The number of nitrogens with zero attached hydrogens (tertiary/aromatic N) is 3. The van der Waals surface area contributed by atoms with E-state index in [9.17, 15) is 9.59 Å². The van der Waals surface area contributed by atoms with Gasteiger partial charge in [-0.15, -0.1) is 11.3 Å². The molecular weight excluding hydrogens is 336 g/mol. The summed E-state index contributed by atoms with van der Waals surface area (Å²) < 4.78 is 1.38. The molecule has 130 valence electrons. The molecule has 0 radical (unpaired) electrons. The van der Waals surface area contributed by atoms with E-state index in [0.29, 0.717) is 29.3 Å². The fourth-order valence-electron chi connectivity index (χ4n) is 2.52. The number of hydrogen-bond donors (Lipinski definition) is 1. The molecule has 25 heavy (non-hydrogen) atoms. The zero-order valence-electron chi connectivity index (χ0n) is 14.4. The average Bonchev–Trinajstić information content (AvgIpc) is 2.99.